The lowest BCUT2D eigenvalue weighted by Gasteiger charge is -2.07. The van der Waals surface area contributed by atoms with Gasteiger partial charge in [0.1, 0.15) is 24.7 Å². The molecule has 0 bridgehead atoms. The Morgan fingerprint density at radius 1 is 0.556 bits per heavy atom. The zero-order valence-corrected chi connectivity index (χ0v) is 31.2. The molecule has 0 amide bonds. The van der Waals surface area contributed by atoms with Crippen LogP contribution in [-0.2, 0) is 22.4 Å². The molecule has 0 saturated carbocycles. The molecule has 0 radical (unpaired) electrons. The molecule has 5 aromatic carbocycles. The van der Waals surface area contributed by atoms with Crippen molar-refractivity contribution in [1.82, 2.24) is 0 Å². The number of carboxylic acid groups (broad SMARTS) is 2. The topological polar surface area (TPSA) is 93.1 Å². The summed E-state index contributed by atoms with van der Waals surface area (Å²) < 4.78 is 11.5. The van der Waals surface area contributed by atoms with Crippen molar-refractivity contribution in [3.8, 4) is 57.4 Å². The number of halogens is 2. The number of aliphatic carboxylic acids is 2. The molecule has 0 atom stereocenters. The average molecular weight is 756 g/mol. The quantitative estimate of drug-likeness (QED) is 0.123. The Morgan fingerprint density at radius 3 is 1.20 bits per heavy atom. The van der Waals surface area contributed by atoms with Gasteiger partial charge in [-0.15, -0.1) is 0 Å². The molecule has 54 heavy (non-hydrogen) atoms. The van der Waals surface area contributed by atoms with Crippen LogP contribution in [-0.4, -0.2) is 35.4 Å². The Hall–Kier alpha value is -6.18. The van der Waals surface area contributed by atoms with Gasteiger partial charge < -0.3 is 19.7 Å². The van der Waals surface area contributed by atoms with Crippen molar-refractivity contribution in [2.45, 2.75) is 26.7 Å². The van der Waals surface area contributed by atoms with E-state index in [2.05, 4.69) is 72.2 Å². The minimum absolute atomic E-state index is 0.0924. The molecule has 0 aliphatic rings. The highest BCUT2D eigenvalue weighted by Gasteiger charge is 2.07. The van der Waals surface area contributed by atoms with Crippen LogP contribution >= 0.6 is 23.2 Å². The van der Waals surface area contributed by atoms with Crippen LogP contribution in [0.5, 0.6) is 11.5 Å². The minimum Gasteiger partial charge on any atom is -0.488 e. The Kier molecular flexibility index (Phi) is 13.8. The summed E-state index contributed by atoms with van der Waals surface area (Å²) in [6.07, 6.45) is 3.56. The van der Waals surface area contributed by atoms with Crippen LogP contribution in [0.3, 0.4) is 0 Å². The fourth-order valence-corrected chi connectivity index (χ4v) is 5.71. The molecule has 5 aromatic rings. The second kappa shape index (κ2) is 19.1. The summed E-state index contributed by atoms with van der Waals surface area (Å²) in [6, 6.07) is 34.6. The maximum Gasteiger partial charge on any atom is 0.307 e. The summed E-state index contributed by atoms with van der Waals surface area (Å²) in [5.41, 5.74) is 9.13. The van der Waals surface area contributed by atoms with E-state index >= 15 is 0 Å². The highest BCUT2D eigenvalue weighted by Crippen LogP contribution is 2.28. The molecule has 0 saturated heterocycles. The lowest BCUT2D eigenvalue weighted by Crippen LogP contribution is -2.01. The van der Waals surface area contributed by atoms with Gasteiger partial charge in [-0.2, -0.15) is 0 Å². The number of carboxylic acids is 2. The number of hydrogen-bond acceptors (Lipinski definition) is 4. The third kappa shape index (κ3) is 11.9. The summed E-state index contributed by atoms with van der Waals surface area (Å²) in [4.78, 5) is 21.8. The van der Waals surface area contributed by atoms with Gasteiger partial charge in [0.25, 0.3) is 0 Å². The second-order valence-corrected chi connectivity index (χ2v) is 13.1. The van der Waals surface area contributed by atoms with Crippen molar-refractivity contribution < 1.29 is 29.3 Å². The standard InChI is InChI=1S/C46H36Cl2O6/c1-31(23-25-53-43-21-11-35(27-41(43)47)29-45(49)50)3-5-33-7-13-37(14-8-33)39-17-19-40(20-18-39)38-15-9-34(10-16-38)6-4-32(2)24-26-54-44-22-12-36(28-42(44)48)30-46(51)52/h7-24,27-28H,25-26,29-30H2,1-2H3,(H,49,50)(H,51,52). The van der Waals surface area contributed by atoms with E-state index in [1.54, 1.807) is 36.4 Å². The summed E-state index contributed by atoms with van der Waals surface area (Å²) in [5.74, 6) is 11.8. The first kappa shape index (κ1) is 39.0. The lowest BCUT2D eigenvalue weighted by atomic mass is 9.99. The zero-order chi connectivity index (χ0) is 38.5. The van der Waals surface area contributed by atoms with E-state index in [0.29, 0.717) is 32.7 Å². The van der Waals surface area contributed by atoms with Crippen molar-refractivity contribution in [2.24, 2.45) is 0 Å². The Morgan fingerprint density at radius 2 is 0.889 bits per heavy atom. The van der Waals surface area contributed by atoms with Crippen molar-refractivity contribution >= 4 is 35.1 Å². The molecule has 0 unspecified atom stereocenters. The molecule has 6 nitrogen and oxygen atoms in total. The fraction of sp³-hybridized carbons (Fsp3) is 0.130. The van der Waals surface area contributed by atoms with Crippen LogP contribution in [0.2, 0.25) is 10.0 Å². The molecule has 2 N–H and O–H groups in total. The van der Waals surface area contributed by atoms with Crippen molar-refractivity contribution in [2.75, 3.05) is 13.2 Å². The lowest BCUT2D eigenvalue weighted by molar-refractivity contribution is -0.137. The third-order valence-electron chi connectivity index (χ3n) is 8.09. The highest BCUT2D eigenvalue weighted by atomic mass is 35.5. The maximum atomic E-state index is 10.9. The van der Waals surface area contributed by atoms with Gasteiger partial charge in [-0.1, -0.05) is 108 Å². The van der Waals surface area contributed by atoms with Crippen LogP contribution < -0.4 is 9.47 Å². The molecule has 0 aromatic heterocycles. The number of carbonyl (C=O) groups is 2. The van der Waals surface area contributed by atoms with Gasteiger partial charge in [0.05, 0.1) is 22.9 Å². The van der Waals surface area contributed by atoms with E-state index < -0.39 is 11.9 Å². The summed E-state index contributed by atoms with van der Waals surface area (Å²) in [5, 5.41) is 18.6. The summed E-state index contributed by atoms with van der Waals surface area (Å²) in [7, 11) is 0. The largest absolute Gasteiger partial charge is 0.488 e. The number of rotatable bonds is 12. The van der Waals surface area contributed by atoms with E-state index in [1.165, 1.54) is 0 Å². The SMILES string of the molecule is CC(C#Cc1ccc(-c2ccc(-c3ccc(C#CC(C)=CCOc4ccc(CC(=O)O)cc4Cl)cc3)cc2)cc1)=CCOc1ccc(CC(=O)O)cc1Cl. The molecule has 0 aliphatic heterocycles. The first-order valence-corrected chi connectivity index (χ1v) is 17.7. The predicted octanol–water partition coefficient (Wildman–Crippen LogP) is 10.3. The molecule has 270 valence electrons. The van der Waals surface area contributed by atoms with Crippen LogP contribution in [0.1, 0.15) is 36.1 Å². The second-order valence-electron chi connectivity index (χ2n) is 12.3. The first-order valence-electron chi connectivity index (χ1n) is 17.0. The monoisotopic (exact) mass is 754 g/mol. The predicted molar refractivity (Wildman–Crippen MR) is 215 cm³/mol. The van der Waals surface area contributed by atoms with E-state index in [4.69, 9.17) is 42.9 Å². The molecular formula is C46H36Cl2O6. The molecule has 0 aliphatic carbocycles. The minimum atomic E-state index is -0.914. The third-order valence-corrected chi connectivity index (χ3v) is 8.68. The average Bonchev–Trinajstić information content (AvgIpc) is 3.15. The summed E-state index contributed by atoms with van der Waals surface area (Å²) >= 11 is 12.5. The fourth-order valence-electron chi connectivity index (χ4n) is 5.20. The van der Waals surface area contributed by atoms with Gasteiger partial charge in [0.15, 0.2) is 0 Å². The van der Waals surface area contributed by atoms with Crippen LogP contribution in [0.4, 0.5) is 0 Å². The molecular weight excluding hydrogens is 719 g/mol. The van der Waals surface area contributed by atoms with E-state index in [0.717, 1.165) is 44.5 Å². The molecule has 5 rings (SSSR count). The normalized spacial score (nSPS) is 11.1. The van der Waals surface area contributed by atoms with Crippen LogP contribution in [0.25, 0.3) is 22.3 Å². The molecule has 0 fully saturated rings. The van der Waals surface area contributed by atoms with Crippen molar-refractivity contribution in [1.29, 1.82) is 0 Å². The smallest absolute Gasteiger partial charge is 0.307 e. The molecule has 0 spiro atoms. The first-order chi connectivity index (χ1) is 26.0. The van der Waals surface area contributed by atoms with E-state index in [1.807, 2.05) is 50.3 Å². The van der Waals surface area contributed by atoms with E-state index in [-0.39, 0.29) is 26.1 Å². The molecule has 0 heterocycles. The maximum absolute atomic E-state index is 10.9. The number of hydrogen-bond donors (Lipinski definition) is 2. The highest BCUT2D eigenvalue weighted by molar-refractivity contribution is 6.32. The van der Waals surface area contributed by atoms with Gasteiger partial charge in [0.2, 0.25) is 0 Å². The Balaban J connectivity index is 1.11. The van der Waals surface area contributed by atoms with Gasteiger partial charge in [-0.25, -0.2) is 0 Å². The van der Waals surface area contributed by atoms with E-state index in [9.17, 15) is 9.59 Å². The van der Waals surface area contributed by atoms with Gasteiger partial charge in [0, 0.05) is 11.1 Å². The van der Waals surface area contributed by atoms with Gasteiger partial charge in [-0.05, 0) is 119 Å². The van der Waals surface area contributed by atoms with Gasteiger partial charge >= 0.3 is 11.9 Å². The molecule has 8 heteroatoms. The Labute approximate surface area is 325 Å². The number of ether oxygens (including phenoxy) is 2. The van der Waals surface area contributed by atoms with Crippen molar-refractivity contribution in [3.63, 3.8) is 0 Å². The zero-order valence-electron chi connectivity index (χ0n) is 29.7. The van der Waals surface area contributed by atoms with Crippen LogP contribution in [0, 0.1) is 23.7 Å². The van der Waals surface area contributed by atoms with Crippen molar-refractivity contribution in [3.05, 3.63) is 165 Å². The summed E-state index contributed by atoms with van der Waals surface area (Å²) in [6.45, 7) is 4.40. The Bertz CT molecular complexity index is 2150. The number of allylic oxidation sites excluding steroid dienone is 2. The van der Waals surface area contributed by atoms with Gasteiger partial charge in [-0.3, -0.25) is 9.59 Å². The number of benzene rings is 5. The van der Waals surface area contributed by atoms with Crippen LogP contribution in [0.15, 0.2) is 132 Å².